The molecule has 0 aliphatic carbocycles. The van der Waals surface area contributed by atoms with Crippen LogP contribution >= 0.6 is 0 Å². The number of carbonyl (C=O) groups is 1. The van der Waals surface area contributed by atoms with Crippen molar-refractivity contribution in [1.29, 1.82) is 10.5 Å². The van der Waals surface area contributed by atoms with Crippen LogP contribution in [0.2, 0.25) is 0 Å². The van der Waals surface area contributed by atoms with Crippen LogP contribution < -0.4 is 5.32 Å². The molecule has 4 heteroatoms. The Morgan fingerprint density at radius 3 is 2.56 bits per heavy atom. The Labute approximate surface area is 52.7 Å². The molecule has 0 aliphatic heterocycles. The maximum atomic E-state index is 10.4. The van der Waals surface area contributed by atoms with Crippen molar-refractivity contribution >= 4 is 5.91 Å². The van der Waals surface area contributed by atoms with E-state index in [0.29, 0.717) is 0 Å². The SMILES string of the molecule is CC(C#N)C(=O)NC#N. The van der Waals surface area contributed by atoms with Gasteiger partial charge in [-0.25, -0.2) is 0 Å². The topological polar surface area (TPSA) is 76.7 Å². The summed E-state index contributed by atoms with van der Waals surface area (Å²) in [5.74, 6) is -1.30. The van der Waals surface area contributed by atoms with Gasteiger partial charge in [0.15, 0.2) is 6.19 Å². The van der Waals surface area contributed by atoms with Crippen molar-refractivity contribution in [2.75, 3.05) is 0 Å². The molecule has 1 N–H and O–H groups in total. The Morgan fingerprint density at radius 2 is 2.22 bits per heavy atom. The molecule has 46 valence electrons. The van der Waals surface area contributed by atoms with Crippen molar-refractivity contribution in [3.05, 3.63) is 0 Å². The third kappa shape index (κ3) is 2.30. The Kier molecular flexibility index (Phi) is 2.86. The molecule has 1 amide bonds. The van der Waals surface area contributed by atoms with Gasteiger partial charge >= 0.3 is 0 Å². The van der Waals surface area contributed by atoms with Gasteiger partial charge in [0.2, 0.25) is 5.91 Å². The molecule has 1 atom stereocenters. The number of nitriles is 2. The van der Waals surface area contributed by atoms with Crippen molar-refractivity contribution in [3.8, 4) is 12.3 Å². The molecule has 0 heterocycles. The number of carbonyl (C=O) groups excluding carboxylic acids is 1. The Bertz CT molecular complexity index is 185. The monoisotopic (exact) mass is 123 g/mol. The maximum absolute atomic E-state index is 10.4. The first-order valence-corrected chi connectivity index (χ1v) is 2.31. The zero-order chi connectivity index (χ0) is 7.28. The summed E-state index contributed by atoms with van der Waals surface area (Å²) in [6.45, 7) is 1.42. The van der Waals surface area contributed by atoms with Crippen LogP contribution in [-0.2, 0) is 4.79 Å². The van der Waals surface area contributed by atoms with Gasteiger partial charge in [-0.15, -0.1) is 0 Å². The minimum atomic E-state index is -0.746. The van der Waals surface area contributed by atoms with Gasteiger partial charge in [-0.05, 0) is 6.92 Å². The highest BCUT2D eigenvalue weighted by Gasteiger charge is 2.08. The molecule has 1 unspecified atom stereocenters. The van der Waals surface area contributed by atoms with Crippen LogP contribution in [0.1, 0.15) is 6.92 Å². The van der Waals surface area contributed by atoms with Crippen molar-refractivity contribution in [2.45, 2.75) is 6.92 Å². The largest absolute Gasteiger partial charge is 0.273 e. The number of nitrogens with zero attached hydrogens (tertiary/aromatic N) is 2. The van der Waals surface area contributed by atoms with Gasteiger partial charge in [-0.3, -0.25) is 10.1 Å². The molecule has 9 heavy (non-hydrogen) atoms. The van der Waals surface area contributed by atoms with Crippen molar-refractivity contribution in [3.63, 3.8) is 0 Å². The van der Waals surface area contributed by atoms with Crippen molar-refractivity contribution < 1.29 is 4.79 Å². The number of nitrogens with one attached hydrogen (secondary N) is 1. The van der Waals surface area contributed by atoms with E-state index in [1.807, 2.05) is 5.32 Å². The van der Waals surface area contributed by atoms with Crippen LogP contribution in [0.5, 0.6) is 0 Å². The van der Waals surface area contributed by atoms with Crippen molar-refractivity contribution in [2.24, 2.45) is 5.92 Å². The first-order chi connectivity index (χ1) is 4.22. The molecular weight excluding hydrogens is 118 g/mol. The number of rotatable bonds is 1. The lowest BCUT2D eigenvalue weighted by molar-refractivity contribution is -0.121. The molecule has 0 saturated carbocycles. The van der Waals surface area contributed by atoms with Crippen molar-refractivity contribution in [1.82, 2.24) is 5.32 Å². The molecule has 0 rings (SSSR count). The minimum absolute atomic E-state index is 0.556. The van der Waals surface area contributed by atoms with E-state index in [-0.39, 0.29) is 0 Å². The van der Waals surface area contributed by atoms with Gasteiger partial charge in [0.05, 0.1) is 6.07 Å². The van der Waals surface area contributed by atoms with E-state index in [9.17, 15) is 4.79 Å². The highest BCUT2D eigenvalue weighted by molar-refractivity contribution is 5.81. The summed E-state index contributed by atoms with van der Waals surface area (Å²) in [6, 6.07) is 1.69. The van der Waals surface area contributed by atoms with Gasteiger partial charge < -0.3 is 0 Å². The fourth-order valence-electron chi connectivity index (χ4n) is 0.222. The summed E-state index contributed by atoms with van der Waals surface area (Å²) in [7, 11) is 0. The molecule has 0 saturated heterocycles. The van der Waals surface area contributed by atoms with E-state index >= 15 is 0 Å². The third-order valence-corrected chi connectivity index (χ3v) is 0.766. The predicted molar refractivity (Wildman–Crippen MR) is 28.5 cm³/mol. The van der Waals surface area contributed by atoms with E-state index in [1.54, 1.807) is 6.07 Å². The predicted octanol–water partition coefficient (Wildman–Crippen LogP) is -0.257. The van der Waals surface area contributed by atoms with Gasteiger partial charge in [-0.2, -0.15) is 10.5 Å². The lowest BCUT2D eigenvalue weighted by atomic mass is 10.2. The molecule has 4 nitrogen and oxygen atoms in total. The smallest absolute Gasteiger partial charge is 0.250 e. The van der Waals surface area contributed by atoms with Crippen LogP contribution in [0.15, 0.2) is 0 Å². The Morgan fingerprint density at radius 1 is 1.67 bits per heavy atom. The molecular formula is C5H5N3O. The quantitative estimate of drug-likeness (QED) is 0.385. The highest BCUT2D eigenvalue weighted by Crippen LogP contribution is 1.88. The van der Waals surface area contributed by atoms with Gasteiger partial charge in [0.25, 0.3) is 0 Å². The van der Waals surface area contributed by atoms with Gasteiger partial charge in [-0.1, -0.05) is 0 Å². The molecule has 0 aliphatic rings. The summed E-state index contributed by atoms with van der Waals surface area (Å²) in [4.78, 5) is 10.4. The molecule has 0 radical (unpaired) electrons. The summed E-state index contributed by atoms with van der Waals surface area (Å²) in [5, 5.41) is 17.8. The van der Waals surface area contributed by atoms with Gasteiger partial charge in [0.1, 0.15) is 5.92 Å². The number of hydrogen-bond donors (Lipinski definition) is 1. The first-order valence-electron chi connectivity index (χ1n) is 2.31. The summed E-state index contributed by atoms with van der Waals surface area (Å²) < 4.78 is 0. The lowest BCUT2D eigenvalue weighted by Gasteiger charge is -1.93. The van der Waals surface area contributed by atoms with Crippen LogP contribution in [-0.4, -0.2) is 5.91 Å². The zero-order valence-corrected chi connectivity index (χ0v) is 4.88. The van der Waals surface area contributed by atoms with Gasteiger partial charge in [0, 0.05) is 0 Å². The average molecular weight is 123 g/mol. The third-order valence-electron chi connectivity index (χ3n) is 0.766. The summed E-state index contributed by atoms with van der Waals surface area (Å²) in [6.07, 6.45) is 1.43. The minimum Gasteiger partial charge on any atom is -0.273 e. The Balaban J connectivity index is 3.81. The van der Waals surface area contributed by atoms with Crippen LogP contribution in [0.25, 0.3) is 0 Å². The molecule has 0 aromatic heterocycles. The van der Waals surface area contributed by atoms with E-state index in [2.05, 4.69) is 0 Å². The molecule has 0 spiro atoms. The van der Waals surface area contributed by atoms with Crippen LogP contribution in [0.4, 0.5) is 0 Å². The van der Waals surface area contributed by atoms with E-state index in [4.69, 9.17) is 10.5 Å². The highest BCUT2D eigenvalue weighted by atomic mass is 16.1. The zero-order valence-electron chi connectivity index (χ0n) is 4.88. The number of amides is 1. The first kappa shape index (κ1) is 7.45. The average Bonchev–Trinajstić information content (AvgIpc) is 1.87. The van der Waals surface area contributed by atoms with E-state index < -0.39 is 11.8 Å². The van der Waals surface area contributed by atoms with Crippen LogP contribution in [0.3, 0.4) is 0 Å². The number of hydrogen-bond acceptors (Lipinski definition) is 3. The molecule has 0 aromatic rings. The maximum Gasteiger partial charge on any atom is 0.250 e. The Hall–Kier alpha value is -1.55. The standard InChI is InChI=1S/C5H5N3O/c1-4(2-6)5(9)8-3-7/h4H,1H3,(H,8,9). The van der Waals surface area contributed by atoms with E-state index in [0.717, 1.165) is 0 Å². The second kappa shape index (κ2) is 3.45. The molecule has 0 bridgehead atoms. The normalized spacial score (nSPS) is 10.6. The van der Waals surface area contributed by atoms with Crippen LogP contribution in [0, 0.1) is 28.7 Å². The summed E-state index contributed by atoms with van der Waals surface area (Å²) >= 11 is 0. The second-order valence-corrected chi connectivity index (χ2v) is 1.45. The fraction of sp³-hybridized carbons (Fsp3) is 0.400. The second-order valence-electron chi connectivity index (χ2n) is 1.45. The summed E-state index contributed by atoms with van der Waals surface area (Å²) in [5.41, 5.74) is 0. The van der Waals surface area contributed by atoms with E-state index in [1.165, 1.54) is 13.1 Å². The lowest BCUT2D eigenvalue weighted by Crippen LogP contribution is -2.23. The fourth-order valence-corrected chi connectivity index (χ4v) is 0.222. The molecule has 0 fully saturated rings. The molecule has 0 aromatic carbocycles.